The lowest BCUT2D eigenvalue weighted by atomic mass is 10.5. The second-order valence-corrected chi connectivity index (χ2v) is 2.70. The van der Waals surface area contributed by atoms with Gasteiger partial charge in [0.05, 0.1) is 18.3 Å². The van der Waals surface area contributed by atoms with Crippen LogP contribution < -0.4 is 0 Å². The fraction of sp³-hybridized carbons (Fsp3) is 0.800. The fourth-order valence-corrected chi connectivity index (χ4v) is 0.409. The van der Waals surface area contributed by atoms with Gasteiger partial charge in [0.2, 0.25) is 0 Å². The number of carboxylic acid groups (broad SMARTS) is 1. The molecular weight excluding hydrogens is 188 g/mol. The van der Waals surface area contributed by atoms with E-state index in [1.54, 1.807) is 0 Å². The number of aliphatic carboxylic acids is 1. The van der Waals surface area contributed by atoms with Gasteiger partial charge in [0.15, 0.2) is 0 Å². The summed E-state index contributed by atoms with van der Waals surface area (Å²) in [5.74, 6) is -0.340. The summed E-state index contributed by atoms with van der Waals surface area (Å²) < 4.78 is 0. The van der Waals surface area contributed by atoms with E-state index in [9.17, 15) is 4.79 Å². The quantitative estimate of drug-likeness (QED) is 0.380. The van der Waals surface area contributed by atoms with Gasteiger partial charge in [-0.1, -0.05) is 0 Å². The van der Waals surface area contributed by atoms with Crippen LogP contribution in [0.15, 0.2) is 0 Å². The maximum atomic E-state index is 9.55. The minimum absolute atomic E-state index is 0.0104. The van der Waals surface area contributed by atoms with E-state index < -0.39 is 5.97 Å². The Hall–Kier alpha value is 0.0900. The summed E-state index contributed by atoms with van der Waals surface area (Å²) in [6.07, 6.45) is 0.156. The number of thioether (sulfide) groups is 1. The SMILES string of the molecule is O=C(O)CCS.OCSCO. The first kappa shape index (κ1) is 13.7. The first-order valence-electron chi connectivity index (χ1n) is 2.81. The Morgan fingerprint density at radius 1 is 1.36 bits per heavy atom. The Morgan fingerprint density at radius 3 is 1.82 bits per heavy atom. The Bertz CT molecular complexity index is 86.6. The lowest BCUT2D eigenvalue weighted by molar-refractivity contribution is -0.136. The van der Waals surface area contributed by atoms with Crippen molar-refractivity contribution in [3.63, 3.8) is 0 Å². The van der Waals surface area contributed by atoms with Crippen LogP contribution in [0.4, 0.5) is 0 Å². The minimum atomic E-state index is -0.787. The monoisotopic (exact) mass is 200 g/mol. The summed E-state index contributed by atoms with van der Waals surface area (Å²) in [6.45, 7) is 0. The molecule has 0 amide bonds. The van der Waals surface area contributed by atoms with Crippen molar-refractivity contribution in [2.45, 2.75) is 6.42 Å². The number of thiol groups is 1. The third-order valence-corrected chi connectivity index (χ3v) is 1.10. The smallest absolute Gasteiger partial charge is 0.304 e. The van der Waals surface area contributed by atoms with Crippen molar-refractivity contribution in [1.29, 1.82) is 0 Å². The number of aliphatic hydroxyl groups is 2. The molecule has 11 heavy (non-hydrogen) atoms. The second kappa shape index (κ2) is 12.7. The summed E-state index contributed by atoms with van der Waals surface area (Å²) in [4.78, 5) is 9.55. The topological polar surface area (TPSA) is 77.8 Å². The van der Waals surface area contributed by atoms with Crippen molar-refractivity contribution in [1.82, 2.24) is 0 Å². The van der Waals surface area contributed by atoms with E-state index in [1.165, 1.54) is 0 Å². The van der Waals surface area contributed by atoms with E-state index >= 15 is 0 Å². The molecule has 0 aromatic carbocycles. The zero-order chi connectivity index (χ0) is 9.11. The van der Waals surface area contributed by atoms with Crippen molar-refractivity contribution < 1.29 is 20.1 Å². The summed E-state index contributed by atoms with van der Waals surface area (Å²) in [6, 6.07) is 0. The molecule has 0 rings (SSSR count). The fourth-order valence-electron chi connectivity index (χ4n) is 0.136. The molecule has 0 saturated heterocycles. The molecule has 0 heterocycles. The van der Waals surface area contributed by atoms with Crippen LogP contribution in [0.25, 0.3) is 0 Å². The third-order valence-electron chi connectivity index (χ3n) is 0.508. The largest absolute Gasteiger partial charge is 0.481 e. The number of rotatable bonds is 4. The molecule has 0 spiro atoms. The first-order valence-corrected chi connectivity index (χ1v) is 4.59. The number of aliphatic hydroxyl groups excluding tert-OH is 2. The van der Waals surface area contributed by atoms with Crippen LogP contribution in [-0.4, -0.2) is 38.9 Å². The lowest BCUT2D eigenvalue weighted by Crippen LogP contribution is -1.93. The van der Waals surface area contributed by atoms with Crippen LogP contribution >= 0.6 is 24.4 Å². The van der Waals surface area contributed by atoms with Gasteiger partial charge in [0, 0.05) is 5.75 Å². The standard InChI is InChI=1S/C3H6O2S.C2H6O2S/c4-3(5)1-2-6;3-1-5-2-4/h6H,1-2H2,(H,4,5);3-4H,1-2H2. The van der Waals surface area contributed by atoms with Gasteiger partial charge < -0.3 is 15.3 Å². The molecule has 0 radical (unpaired) electrons. The summed E-state index contributed by atoms with van der Waals surface area (Å²) in [5, 5.41) is 23.6. The van der Waals surface area contributed by atoms with E-state index in [1.807, 2.05) is 0 Å². The van der Waals surface area contributed by atoms with Crippen LogP contribution in [-0.2, 0) is 4.79 Å². The van der Waals surface area contributed by atoms with Gasteiger partial charge in [0.1, 0.15) is 0 Å². The Labute approximate surface area is 75.0 Å². The Morgan fingerprint density at radius 2 is 1.82 bits per heavy atom. The molecule has 3 N–H and O–H groups in total. The summed E-state index contributed by atoms with van der Waals surface area (Å²) >= 11 is 4.75. The molecule has 0 aromatic heterocycles. The van der Waals surface area contributed by atoms with Gasteiger partial charge in [-0.25, -0.2) is 0 Å². The maximum absolute atomic E-state index is 9.55. The van der Waals surface area contributed by atoms with E-state index in [2.05, 4.69) is 12.6 Å². The molecule has 6 heteroatoms. The van der Waals surface area contributed by atoms with Crippen molar-refractivity contribution in [2.75, 3.05) is 17.6 Å². The highest BCUT2D eigenvalue weighted by Crippen LogP contribution is 1.88. The zero-order valence-corrected chi connectivity index (χ0v) is 7.64. The average Bonchev–Trinajstić information content (AvgIpc) is 1.90. The van der Waals surface area contributed by atoms with Crippen LogP contribution in [0.3, 0.4) is 0 Å². The molecule has 0 aliphatic carbocycles. The predicted molar refractivity (Wildman–Crippen MR) is 47.9 cm³/mol. The van der Waals surface area contributed by atoms with Crippen LogP contribution in [0.1, 0.15) is 6.42 Å². The minimum Gasteiger partial charge on any atom is -0.481 e. The molecule has 0 fully saturated rings. The highest BCUT2D eigenvalue weighted by Gasteiger charge is 1.88. The molecule has 0 unspecified atom stereocenters. The van der Waals surface area contributed by atoms with Gasteiger partial charge in [-0.15, -0.1) is 11.8 Å². The number of hydrogen-bond donors (Lipinski definition) is 4. The molecule has 0 aromatic rings. The molecule has 0 bridgehead atoms. The van der Waals surface area contributed by atoms with Crippen molar-refractivity contribution >= 4 is 30.4 Å². The van der Waals surface area contributed by atoms with Crippen molar-refractivity contribution in [3.05, 3.63) is 0 Å². The highest BCUT2D eigenvalue weighted by molar-refractivity contribution is 7.98. The van der Waals surface area contributed by atoms with Gasteiger partial charge in [0.25, 0.3) is 0 Å². The molecule has 4 nitrogen and oxygen atoms in total. The Balaban J connectivity index is 0. The van der Waals surface area contributed by atoms with Crippen LogP contribution in [0.5, 0.6) is 0 Å². The maximum Gasteiger partial charge on any atom is 0.304 e. The van der Waals surface area contributed by atoms with E-state index in [-0.39, 0.29) is 18.3 Å². The zero-order valence-electron chi connectivity index (χ0n) is 5.93. The number of carbonyl (C=O) groups is 1. The normalized spacial score (nSPS) is 8.27. The molecule has 0 saturated carbocycles. The van der Waals surface area contributed by atoms with Gasteiger partial charge in [-0.05, 0) is 0 Å². The Kier molecular flexibility index (Phi) is 15.8. The van der Waals surface area contributed by atoms with E-state index in [4.69, 9.17) is 15.3 Å². The van der Waals surface area contributed by atoms with E-state index in [0.717, 1.165) is 11.8 Å². The van der Waals surface area contributed by atoms with Crippen LogP contribution in [0, 0.1) is 0 Å². The molecule has 0 aliphatic heterocycles. The predicted octanol–water partition coefficient (Wildman–Crippen LogP) is 0.0101. The summed E-state index contributed by atoms with van der Waals surface area (Å²) in [5.41, 5.74) is 0. The molecule has 0 aliphatic rings. The van der Waals surface area contributed by atoms with Crippen molar-refractivity contribution in [3.8, 4) is 0 Å². The van der Waals surface area contributed by atoms with Gasteiger partial charge >= 0.3 is 5.97 Å². The summed E-state index contributed by atoms with van der Waals surface area (Å²) in [7, 11) is 0. The molecular formula is C5H12O4S2. The highest BCUT2D eigenvalue weighted by atomic mass is 32.2. The van der Waals surface area contributed by atoms with Crippen molar-refractivity contribution in [2.24, 2.45) is 0 Å². The number of hydrogen-bond acceptors (Lipinski definition) is 5. The van der Waals surface area contributed by atoms with E-state index in [0.29, 0.717) is 5.75 Å². The second-order valence-electron chi connectivity index (χ2n) is 1.33. The molecule has 68 valence electrons. The third kappa shape index (κ3) is 25.5. The van der Waals surface area contributed by atoms with Crippen LogP contribution in [0.2, 0.25) is 0 Å². The lowest BCUT2D eigenvalue weighted by Gasteiger charge is -1.80. The van der Waals surface area contributed by atoms with Gasteiger partial charge in [-0.2, -0.15) is 12.6 Å². The van der Waals surface area contributed by atoms with Gasteiger partial charge in [-0.3, -0.25) is 4.79 Å². The first-order chi connectivity index (χ1) is 5.18. The molecule has 0 atom stereocenters. The average molecular weight is 200 g/mol. The number of carboxylic acids is 1.